The van der Waals surface area contributed by atoms with Gasteiger partial charge >= 0.3 is 0 Å². The third-order valence-electron chi connectivity index (χ3n) is 5.39. The summed E-state index contributed by atoms with van der Waals surface area (Å²) in [4.78, 5) is 15.2. The third-order valence-corrected chi connectivity index (χ3v) is 5.39. The maximum Gasteiger partial charge on any atom is 0.154 e. The highest BCUT2D eigenvalue weighted by Gasteiger charge is 2.45. The molecule has 3 aliphatic rings. The molecule has 124 valence electrons. The highest BCUT2D eigenvalue weighted by molar-refractivity contribution is 5.89. The van der Waals surface area contributed by atoms with Crippen molar-refractivity contribution < 1.29 is 13.6 Å². The van der Waals surface area contributed by atoms with Gasteiger partial charge in [0.1, 0.15) is 11.6 Å². The Morgan fingerprint density at radius 3 is 1.71 bits per heavy atom. The molecule has 0 N–H and O–H groups in total. The van der Waals surface area contributed by atoms with Crippen LogP contribution in [0.4, 0.5) is 8.78 Å². The quantitative estimate of drug-likeness (QED) is 0.855. The monoisotopic (exact) mass is 327 g/mol. The lowest BCUT2D eigenvalue weighted by molar-refractivity contribution is -0.137. The number of piperidine rings is 3. The zero-order chi connectivity index (χ0) is 16.7. The molecule has 0 amide bonds. The van der Waals surface area contributed by atoms with Crippen molar-refractivity contribution in [2.24, 2.45) is 5.92 Å². The van der Waals surface area contributed by atoms with Gasteiger partial charge in [-0.15, -0.1) is 0 Å². The molecule has 0 unspecified atom stereocenters. The van der Waals surface area contributed by atoms with Gasteiger partial charge in [0.05, 0.1) is 6.04 Å². The van der Waals surface area contributed by atoms with Crippen molar-refractivity contribution in [1.82, 2.24) is 4.90 Å². The fourth-order valence-electron chi connectivity index (χ4n) is 4.16. The summed E-state index contributed by atoms with van der Waals surface area (Å²) in [6.45, 7) is 1.83. The molecular weight excluding hydrogens is 308 g/mol. The molecular formula is C20H19F2NO. The number of rotatable bonds is 3. The summed E-state index contributed by atoms with van der Waals surface area (Å²) >= 11 is 0. The normalized spacial score (nSPS) is 26.1. The summed E-state index contributed by atoms with van der Waals surface area (Å²) in [7, 11) is 0. The number of fused-ring (bicyclic) bond motifs is 3. The summed E-state index contributed by atoms with van der Waals surface area (Å²) in [5, 5.41) is 0. The van der Waals surface area contributed by atoms with Crippen LogP contribution in [0.15, 0.2) is 48.5 Å². The number of Topliss-reactive ketones (excluding diaryl/α,β-unsaturated/α-hetero) is 1. The Morgan fingerprint density at radius 1 is 0.833 bits per heavy atom. The van der Waals surface area contributed by atoms with E-state index in [0.717, 1.165) is 37.1 Å². The predicted molar refractivity (Wildman–Crippen MR) is 87.7 cm³/mol. The van der Waals surface area contributed by atoms with Crippen LogP contribution < -0.4 is 0 Å². The zero-order valence-electron chi connectivity index (χ0n) is 13.3. The van der Waals surface area contributed by atoms with E-state index in [4.69, 9.17) is 0 Å². The predicted octanol–water partition coefficient (Wildman–Crippen LogP) is 3.76. The van der Waals surface area contributed by atoms with Crippen LogP contribution in [0.3, 0.4) is 0 Å². The lowest BCUT2D eigenvalue weighted by Crippen LogP contribution is -2.57. The number of carbonyl (C=O) groups is 1. The van der Waals surface area contributed by atoms with Crippen molar-refractivity contribution in [2.75, 3.05) is 13.1 Å². The second-order valence-corrected chi connectivity index (χ2v) is 6.74. The molecule has 1 atom stereocenters. The fourth-order valence-corrected chi connectivity index (χ4v) is 4.16. The largest absolute Gasteiger partial charge is 0.298 e. The van der Waals surface area contributed by atoms with Gasteiger partial charge in [-0.05, 0) is 61.3 Å². The molecule has 2 nitrogen and oxygen atoms in total. The van der Waals surface area contributed by atoms with Gasteiger partial charge in [0.15, 0.2) is 5.78 Å². The maximum atomic E-state index is 13.3. The molecule has 3 aliphatic heterocycles. The molecule has 0 aliphatic carbocycles. The minimum atomic E-state index is -0.298. The van der Waals surface area contributed by atoms with Crippen molar-refractivity contribution in [3.05, 3.63) is 71.3 Å². The van der Waals surface area contributed by atoms with Crippen molar-refractivity contribution in [3.8, 4) is 0 Å². The molecule has 3 saturated heterocycles. The smallest absolute Gasteiger partial charge is 0.154 e. The Bertz CT molecular complexity index is 688. The first-order chi connectivity index (χ1) is 11.6. The first-order valence-corrected chi connectivity index (χ1v) is 8.42. The maximum absolute atomic E-state index is 13.3. The lowest BCUT2D eigenvalue weighted by Gasteiger charge is -2.47. The Balaban J connectivity index is 1.79. The number of ketones is 1. The van der Waals surface area contributed by atoms with Crippen molar-refractivity contribution in [1.29, 1.82) is 0 Å². The average Bonchev–Trinajstić information content (AvgIpc) is 2.61. The van der Waals surface area contributed by atoms with Gasteiger partial charge in [-0.1, -0.05) is 24.3 Å². The van der Waals surface area contributed by atoms with Crippen LogP contribution in [0, 0.1) is 17.6 Å². The van der Waals surface area contributed by atoms with Crippen LogP contribution in [0.25, 0.3) is 0 Å². The number of benzene rings is 2. The molecule has 2 bridgehead atoms. The molecule has 3 heterocycles. The second-order valence-electron chi connectivity index (χ2n) is 6.74. The molecule has 2 aromatic rings. The van der Waals surface area contributed by atoms with E-state index in [2.05, 4.69) is 4.90 Å². The van der Waals surface area contributed by atoms with Crippen molar-refractivity contribution >= 4 is 5.78 Å². The number of nitrogens with zero attached hydrogens (tertiary/aromatic N) is 1. The van der Waals surface area contributed by atoms with Gasteiger partial charge < -0.3 is 0 Å². The van der Waals surface area contributed by atoms with Gasteiger partial charge in [0.2, 0.25) is 0 Å². The SMILES string of the molecule is O=C1C2CCN(CC2)[C@H]1C(c1ccc(F)cc1)c1ccc(F)cc1. The average molecular weight is 327 g/mol. The zero-order valence-corrected chi connectivity index (χ0v) is 13.3. The Hall–Kier alpha value is -2.07. The summed E-state index contributed by atoms with van der Waals surface area (Å²) in [5.41, 5.74) is 1.79. The summed E-state index contributed by atoms with van der Waals surface area (Å²) < 4.78 is 26.7. The Labute approximate surface area is 140 Å². The molecule has 0 radical (unpaired) electrons. The van der Waals surface area contributed by atoms with E-state index >= 15 is 0 Å². The van der Waals surface area contributed by atoms with Gasteiger partial charge in [-0.3, -0.25) is 9.69 Å². The minimum Gasteiger partial charge on any atom is -0.298 e. The molecule has 5 rings (SSSR count). The van der Waals surface area contributed by atoms with E-state index in [0.29, 0.717) is 0 Å². The number of hydrogen-bond donors (Lipinski definition) is 0. The third kappa shape index (κ3) is 2.65. The van der Waals surface area contributed by atoms with Crippen LogP contribution in [-0.4, -0.2) is 29.8 Å². The summed E-state index contributed by atoms with van der Waals surface area (Å²) in [6, 6.07) is 12.4. The van der Waals surface area contributed by atoms with Gasteiger partial charge in [0, 0.05) is 11.8 Å². The van der Waals surface area contributed by atoms with Gasteiger partial charge in [-0.25, -0.2) is 8.78 Å². The van der Waals surface area contributed by atoms with E-state index in [9.17, 15) is 13.6 Å². The fraction of sp³-hybridized carbons (Fsp3) is 0.350. The Morgan fingerprint density at radius 2 is 1.29 bits per heavy atom. The topological polar surface area (TPSA) is 20.3 Å². The first kappa shape index (κ1) is 15.5. The summed E-state index contributed by atoms with van der Waals surface area (Å²) in [6.07, 6.45) is 1.85. The van der Waals surface area contributed by atoms with Crippen molar-refractivity contribution in [3.63, 3.8) is 0 Å². The van der Waals surface area contributed by atoms with E-state index < -0.39 is 0 Å². The number of halogens is 2. The molecule has 0 saturated carbocycles. The Kier molecular flexibility index (Phi) is 3.93. The second kappa shape index (κ2) is 6.10. The molecule has 4 heteroatoms. The van der Waals surface area contributed by atoms with Crippen LogP contribution in [0.5, 0.6) is 0 Å². The number of carbonyl (C=O) groups excluding carboxylic acids is 1. The number of hydrogen-bond acceptors (Lipinski definition) is 2. The van der Waals surface area contributed by atoms with Crippen LogP contribution in [0.2, 0.25) is 0 Å². The highest BCUT2D eigenvalue weighted by atomic mass is 19.1. The van der Waals surface area contributed by atoms with Crippen LogP contribution >= 0.6 is 0 Å². The lowest BCUT2D eigenvalue weighted by atomic mass is 9.73. The molecule has 24 heavy (non-hydrogen) atoms. The van der Waals surface area contributed by atoms with Gasteiger partial charge in [0.25, 0.3) is 0 Å². The summed E-state index contributed by atoms with van der Waals surface area (Å²) in [5.74, 6) is -0.391. The van der Waals surface area contributed by atoms with E-state index in [1.165, 1.54) is 24.3 Å². The van der Waals surface area contributed by atoms with E-state index in [1.54, 1.807) is 24.3 Å². The first-order valence-electron chi connectivity index (χ1n) is 8.42. The van der Waals surface area contributed by atoms with Crippen molar-refractivity contribution in [2.45, 2.75) is 24.8 Å². The minimum absolute atomic E-state index is 0.128. The van der Waals surface area contributed by atoms with E-state index in [1.807, 2.05) is 0 Å². The van der Waals surface area contributed by atoms with Gasteiger partial charge in [-0.2, -0.15) is 0 Å². The molecule has 3 fully saturated rings. The molecule has 0 aromatic heterocycles. The van der Waals surface area contributed by atoms with Crippen LogP contribution in [0.1, 0.15) is 29.9 Å². The highest BCUT2D eigenvalue weighted by Crippen LogP contribution is 2.39. The van der Waals surface area contributed by atoms with E-state index in [-0.39, 0.29) is 35.3 Å². The molecule has 0 spiro atoms. The molecule has 2 aromatic carbocycles. The standard InChI is InChI=1S/C20H19F2NO/c21-16-5-1-13(2-6-16)18(14-3-7-17(22)8-4-14)19-20(24)15-9-11-23(19)12-10-15/h1-8,15,18-19H,9-12H2/t19-/m0/s1. The van der Waals surface area contributed by atoms with Crippen LogP contribution in [-0.2, 0) is 4.79 Å².